The van der Waals surface area contributed by atoms with Gasteiger partial charge in [0.15, 0.2) is 6.10 Å². The Balaban J connectivity index is 1.15. The molecule has 0 bridgehead atoms. The average molecular weight is 724 g/mol. The zero-order chi connectivity index (χ0) is 37.5. The Labute approximate surface area is 317 Å². The van der Waals surface area contributed by atoms with Gasteiger partial charge in [-0.05, 0) is 115 Å². The predicted molar refractivity (Wildman–Crippen MR) is 213 cm³/mol. The molecule has 2 aromatic heterocycles. The minimum atomic E-state index is -1.13. The number of aryl methyl sites for hydroxylation is 2. The van der Waals surface area contributed by atoms with Gasteiger partial charge in [0.25, 0.3) is 0 Å². The number of hydrogen-bond acceptors (Lipinski definition) is 9. The van der Waals surface area contributed by atoms with E-state index in [-0.39, 0.29) is 5.41 Å². The smallest absolute Gasteiger partial charge is 0.337 e. The molecule has 1 aromatic carbocycles. The van der Waals surface area contributed by atoms with Crippen LogP contribution in [-0.2, 0) is 22.5 Å². The van der Waals surface area contributed by atoms with Gasteiger partial charge in [0.2, 0.25) is 0 Å². The number of carboxylic acid groups (broad SMARTS) is 1. The number of pyridine rings is 1. The molecule has 0 saturated carbocycles. The van der Waals surface area contributed by atoms with Gasteiger partial charge in [0, 0.05) is 73.9 Å². The van der Waals surface area contributed by atoms with Crippen molar-refractivity contribution in [2.24, 2.45) is 5.41 Å². The second-order valence-electron chi connectivity index (χ2n) is 17.7. The lowest BCUT2D eigenvalue weighted by atomic mass is 9.81. The van der Waals surface area contributed by atoms with E-state index in [9.17, 15) is 9.90 Å². The molecule has 10 nitrogen and oxygen atoms in total. The Kier molecular flexibility index (Phi) is 10.7. The average Bonchev–Trinajstić information content (AvgIpc) is 3.13. The lowest BCUT2D eigenvalue weighted by Crippen LogP contribution is -2.47. The first-order chi connectivity index (χ1) is 25.3. The number of anilines is 3. The number of piperidine rings is 3. The largest absolute Gasteiger partial charge is 0.479 e. The van der Waals surface area contributed by atoms with Crippen LogP contribution < -0.4 is 14.7 Å². The Bertz CT molecular complexity index is 1780. The summed E-state index contributed by atoms with van der Waals surface area (Å²) in [7, 11) is 0. The molecule has 53 heavy (non-hydrogen) atoms. The zero-order valence-electron chi connectivity index (χ0n) is 33.2. The number of rotatable bonds is 8. The summed E-state index contributed by atoms with van der Waals surface area (Å²) >= 11 is 0. The quantitative estimate of drug-likeness (QED) is 0.249. The SMILES string of the molecule is Cc1nc(C)c([C@H](OC(C)(C)C)C(=O)O)c(N2CCC(C)(C)CC2)c1-c1ccc2c(c1)CCN(c1cc(N3CCC(N4CCCCC4)CC3)ncn1)C2. The molecule has 4 aliphatic rings. The summed E-state index contributed by atoms with van der Waals surface area (Å²) in [5.74, 6) is 1.04. The third-order valence-electron chi connectivity index (χ3n) is 12.1. The van der Waals surface area contributed by atoms with Crippen LogP contribution in [0.25, 0.3) is 11.1 Å². The summed E-state index contributed by atoms with van der Waals surface area (Å²) in [6.45, 7) is 22.4. The first kappa shape index (κ1) is 37.6. The maximum Gasteiger partial charge on any atom is 0.337 e. The Morgan fingerprint density at radius 2 is 1.53 bits per heavy atom. The second-order valence-corrected chi connectivity index (χ2v) is 17.7. The fraction of sp³-hybridized carbons (Fsp3) is 0.628. The van der Waals surface area contributed by atoms with Crippen molar-refractivity contribution in [1.29, 1.82) is 0 Å². The number of ether oxygens (including phenoxy) is 1. The molecule has 6 heterocycles. The van der Waals surface area contributed by atoms with Crippen molar-refractivity contribution in [3.63, 3.8) is 0 Å². The Morgan fingerprint density at radius 1 is 0.849 bits per heavy atom. The van der Waals surface area contributed by atoms with Gasteiger partial charge >= 0.3 is 5.97 Å². The van der Waals surface area contributed by atoms with Crippen molar-refractivity contribution >= 4 is 23.3 Å². The van der Waals surface area contributed by atoms with E-state index in [1.54, 1.807) is 6.33 Å². The first-order valence-corrected chi connectivity index (χ1v) is 20.1. The van der Waals surface area contributed by atoms with Crippen LogP contribution in [0.15, 0.2) is 30.6 Å². The van der Waals surface area contributed by atoms with Gasteiger partial charge in [0.05, 0.1) is 11.3 Å². The number of benzene rings is 1. The molecule has 286 valence electrons. The predicted octanol–water partition coefficient (Wildman–Crippen LogP) is 7.74. The summed E-state index contributed by atoms with van der Waals surface area (Å²) in [4.78, 5) is 37.4. The van der Waals surface area contributed by atoms with Gasteiger partial charge in [-0.3, -0.25) is 4.98 Å². The molecule has 0 radical (unpaired) electrons. The van der Waals surface area contributed by atoms with Gasteiger partial charge < -0.3 is 29.4 Å². The maximum absolute atomic E-state index is 12.9. The van der Waals surface area contributed by atoms with Crippen molar-refractivity contribution < 1.29 is 14.6 Å². The molecule has 3 saturated heterocycles. The summed E-state index contributed by atoms with van der Waals surface area (Å²) in [5.41, 5.74) is 7.58. The van der Waals surface area contributed by atoms with Crippen molar-refractivity contribution in [1.82, 2.24) is 19.9 Å². The molecular formula is C43H61N7O3. The summed E-state index contributed by atoms with van der Waals surface area (Å²) in [6.07, 6.45) is 10.1. The number of carbonyl (C=O) groups is 1. The van der Waals surface area contributed by atoms with Gasteiger partial charge in [0.1, 0.15) is 18.0 Å². The molecule has 3 fully saturated rings. The molecule has 7 rings (SSSR count). The van der Waals surface area contributed by atoms with Crippen molar-refractivity contribution in [2.75, 3.05) is 60.5 Å². The molecule has 0 amide bonds. The topological polar surface area (TPSA) is 98.2 Å². The number of fused-ring (bicyclic) bond motifs is 1. The van der Waals surface area contributed by atoms with E-state index >= 15 is 0 Å². The van der Waals surface area contributed by atoms with Crippen molar-refractivity contribution in [2.45, 2.75) is 124 Å². The third-order valence-corrected chi connectivity index (χ3v) is 12.1. The highest BCUT2D eigenvalue weighted by atomic mass is 16.5. The van der Waals surface area contributed by atoms with Crippen LogP contribution in [0.2, 0.25) is 0 Å². The second kappa shape index (κ2) is 15.2. The van der Waals surface area contributed by atoms with Gasteiger partial charge in [-0.15, -0.1) is 0 Å². The van der Waals surface area contributed by atoms with Crippen LogP contribution in [0.5, 0.6) is 0 Å². The molecule has 1 N–H and O–H groups in total. The normalized spacial score (nSPS) is 20.7. The van der Waals surface area contributed by atoms with Crippen molar-refractivity contribution in [3.05, 3.63) is 58.7 Å². The van der Waals surface area contributed by atoms with Crippen LogP contribution in [0.3, 0.4) is 0 Å². The highest BCUT2D eigenvalue weighted by molar-refractivity contribution is 5.88. The van der Waals surface area contributed by atoms with Crippen molar-refractivity contribution in [3.8, 4) is 11.1 Å². The monoisotopic (exact) mass is 723 g/mol. The minimum Gasteiger partial charge on any atom is -0.479 e. The van der Waals surface area contributed by atoms with Gasteiger partial charge in [-0.1, -0.05) is 38.5 Å². The number of aromatic nitrogens is 3. The van der Waals surface area contributed by atoms with E-state index in [0.29, 0.717) is 17.3 Å². The molecule has 3 aromatic rings. The van der Waals surface area contributed by atoms with Crippen LogP contribution in [0, 0.1) is 19.3 Å². The van der Waals surface area contributed by atoms with E-state index in [2.05, 4.69) is 64.6 Å². The zero-order valence-corrected chi connectivity index (χ0v) is 33.2. The van der Waals surface area contributed by atoms with E-state index in [0.717, 1.165) is 92.7 Å². The minimum absolute atomic E-state index is 0.244. The van der Waals surface area contributed by atoms with Gasteiger partial charge in [-0.2, -0.15) is 0 Å². The lowest BCUT2D eigenvalue weighted by molar-refractivity contribution is -0.160. The maximum atomic E-state index is 12.9. The van der Waals surface area contributed by atoms with Gasteiger partial charge in [-0.25, -0.2) is 14.8 Å². The number of nitrogens with zero attached hydrogens (tertiary/aromatic N) is 7. The van der Waals surface area contributed by atoms with Crippen LogP contribution in [0.1, 0.15) is 114 Å². The summed E-state index contributed by atoms with van der Waals surface area (Å²) < 4.78 is 6.30. The first-order valence-electron chi connectivity index (χ1n) is 20.1. The Hall–Kier alpha value is -3.76. The molecule has 10 heteroatoms. The number of aliphatic carboxylic acids is 1. The molecular weight excluding hydrogens is 663 g/mol. The summed E-state index contributed by atoms with van der Waals surface area (Å²) in [6, 6.07) is 9.69. The van der Waals surface area contributed by atoms with E-state index in [1.807, 2.05) is 27.7 Å². The van der Waals surface area contributed by atoms with E-state index in [1.165, 1.54) is 56.3 Å². The standard InChI is InChI=1S/C43H61N7O3/c1-29-37(39(49-23-16-43(6,7)17-24-49)38(30(2)46-29)40(41(51)52)53-42(3,4)5)32-11-12-33-27-50(20-13-31(33)25-32)36-26-35(44-28-45-36)48-21-14-34(15-22-48)47-18-9-8-10-19-47/h11-12,25-26,28,34,40H,8-10,13-24,27H2,1-7H3,(H,51,52)/t40-/m0/s1. The number of carboxylic acids is 1. The third kappa shape index (κ3) is 8.34. The van der Waals surface area contributed by atoms with Crippen LogP contribution >= 0.6 is 0 Å². The highest BCUT2D eigenvalue weighted by Crippen LogP contribution is 2.45. The molecule has 1 atom stereocenters. The number of hydrogen-bond donors (Lipinski definition) is 1. The lowest BCUT2D eigenvalue weighted by Gasteiger charge is -2.41. The highest BCUT2D eigenvalue weighted by Gasteiger charge is 2.37. The molecule has 0 aliphatic carbocycles. The van der Waals surface area contributed by atoms with E-state index < -0.39 is 17.7 Å². The fourth-order valence-electron chi connectivity index (χ4n) is 9.09. The molecule has 4 aliphatic heterocycles. The number of likely N-dealkylation sites (tertiary alicyclic amines) is 1. The van der Waals surface area contributed by atoms with E-state index in [4.69, 9.17) is 19.7 Å². The summed E-state index contributed by atoms with van der Waals surface area (Å²) in [5, 5.41) is 10.6. The van der Waals surface area contributed by atoms with Crippen LogP contribution in [-0.4, -0.2) is 88.4 Å². The molecule has 0 spiro atoms. The Morgan fingerprint density at radius 3 is 2.19 bits per heavy atom. The molecule has 0 unspecified atom stereocenters. The van der Waals surface area contributed by atoms with Crippen LogP contribution in [0.4, 0.5) is 17.3 Å². The fourth-order valence-corrected chi connectivity index (χ4v) is 9.09.